The van der Waals surface area contributed by atoms with E-state index < -0.39 is 24.3 Å². The van der Waals surface area contributed by atoms with Crippen LogP contribution in [0.5, 0.6) is 17.2 Å². The van der Waals surface area contributed by atoms with Crippen LogP contribution in [-0.4, -0.2) is 59.3 Å². The minimum atomic E-state index is -5.07. The Labute approximate surface area is 229 Å². The average Bonchev–Trinajstić information content (AvgIpc) is 3.20. The number of methoxy groups -OCH3 is 3. The molecule has 2 atom stereocenters. The number of carbonyl (C=O) groups excluding carboxylic acids is 1. The molecule has 3 aromatic rings. The second kappa shape index (κ2) is 11.9. The summed E-state index contributed by atoms with van der Waals surface area (Å²) in [4.78, 5) is 20.4. The number of rotatable bonds is 9. The lowest BCUT2D eigenvalue weighted by Gasteiger charge is -2.32. The minimum Gasteiger partial charge on any atom is -0.493 e. The summed E-state index contributed by atoms with van der Waals surface area (Å²) in [6.45, 7) is 3.64. The first-order chi connectivity index (χ1) is 19.0. The van der Waals surface area contributed by atoms with Crippen LogP contribution in [0, 0.1) is 13.8 Å². The van der Waals surface area contributed by atoms with Crippen molar-refractivity contribution in [1.29, 1.82) is 0 Å². The van der Waals surface area contributed by atoms with Gasteiger partial charge in [-0.15, -0.1) is 0 Å². The van der Waals surface area contributed by atoms with Crippen LogP contribution in [0.3, 0.4) is 0 Å². The van der Waals surface area contributed by atoms with E-state index in [1.165, 1.54) is 21.3 Å². The number of ether oxygens (including phenoxy) is 4. The molecule has 0 bridgehead atoms. The SMILES string of the molecule is COc1cc(Nc2nccc(Nc3c(C)c(C)nn3[C@H]3CCCC[C@@H]3OC(=O)C(F)(F)F)n2)cc(OC)c1OC. The monoisotopic (exact) mass is 564 g/mol. The van der Waals surface area contributed by atoms with E-state index in [0.717, 1.165) is 12.0 Å². The molecule has 0 radical (unpaired) electrons. The number of nitrogens with zero attached hydrogens (tertiary/aromatic N) is 4. The third kappa shape index (κ3) is 6.15. The van der Waals surface area contributed by atoms with Crippen LogP contribution in [0.15, 0.2) is 24.4 Å². The first-order valence-corrected chi connectivity index (χ1v) is 12.6. The molecule has 2 aromatic heterocycles. The molecule has 0 aliphatic heterocycles. The van der Waals surface area contributed by atoms with Crippen molar-refractivity contribution in [3.05, 3.63) is 35.7 Å². The van der Waals surface area contributed by atoms with Gasteiger partial charge in [-0.05, 0) is 39.2 Å². The maximum Gasteiger partial charge on any atom is 0.490 e. The van der Waals surface area contributed by atoms with Gasteiger partial charge in [0.05, 0.1) is 33.1 Å². The molecule has 1 saturated carbocycles. The van der Waals surface area contributed by atoms with Crippen LogP contribution in [0.2, 0.25) is 0 Å². The molecule has 0 spiro atoms. The van der Waals surface area contributed by atoms with E-state index in [4.69, 9.17) is 18.9 Å². The number of anilines is 4. The van der Waals surface area contributed by atoms with Gasteiger partial charge >= 0.3 is 12.1 Å². The Hall–Kier alpha value is -4.23. The molecule has 2 heterocycles. The van der Waals surface area contributed by atoms with Crippen molar-refractivity contribution in [1.82, 2.24) is 19.7 Å². The number of hydrogen-bond acceptors (Lipinski definition) is 10. The van der Waals surface area contributed by atoms with Gasteiger partial charge in [0.1, 0.15) is 17.7 Å². The summed E-state index contributed by atoms with van der Waals surface area (Å²) >= 11 is 0. The highest BCUT2D eigenvalue weighted by molar-refractivity contribution is 5.75. The molecule has 40 heavy (non-hydrogen) atoms. The lowest BCUT2D eigenvalue weighted by Crippen LogP contribution is -2.37. The fourth-order valence-electron chi connectivity index (χ4n) is 4.61. The number of halogens is 3. The molecule has 1 aliphatic rings. The standard InChI is InChI=1S/C26H31F3N6O5/c1-14-15(2)34-35(17-8-6-7-9-18(17)40-24(36)26(27,28)29)23(14)32-21-10-11-30-25(33-21)31-16-12-19(37-3)22(39-5)20(13-16)38-4/h10-13,17-18H,6-9H2,1-5H3,(H2,30,31,32,33)/t17-,18-/m0/s1. The van der Waals surface area contributed by atoms with Crippen molar-refractivity contribution in [2.24, 2.45) is 0 Å². The first kappa shape index (κ1) is 28.8. The summed E-state index contributed by atoms with van der Waals surface area (Å²) in [7, 11) is 4.53. The molecule has 1 aliphatic carbocycles. The Balaban J connectivity index is 1.60. The fourth-order valence-corrected chi connectivity index (χ4v) is 4.61. The van der Waals surface area contributed by atoms with Gasteiger partial charge in [0.15, 0.2) is 11.5 Å². The van der Waals surface area contributed by atoms with Gasteiger partial charge in [-0.1, -0.05) is 6.42 Å². The van der Waals surface area contributed by atoms with Crippen molar-refractivity contribution < 1.29 is 36.9 Å². The maximum absolute atomic E-state index is 12.9. The van der Waals surface area contributed by atoms with Gasteiger partial charge in [0.25, 0.3) is 0 Å². The Kier molecular flexibility index (Phi) is 8.55. The molecular formula is C26H31F3N6O5. The van der Waals surface area contributed by atoms with Gasteiger partial charge in [-0.2, -0.15) is 23.3 Å². The highest BCUT2D eigenvalue weighted by Crippen LogP contribution is 2.41. The zero-order valence-electron chi connectivity index (χ0n) is 22.8. The Morgan fingerprint density at radius 1 is 1.02 bits per heavy atom. The van der Waals surface area contributed by atoms with Crippen LogP contribution >= 0.6 is 0 Å². The number of carbonyl (C=O) groups is 1. The van der Waals surface area contributed by atoms with Crippen molar-refractivity contribution in [2.45, 2.75) is 57.9 Å². The van der Waals surface area contributed by atoms with E-state index >= 15 is 0 Å². The summed E-state index contributed by atoms with van der Waals surface area (Å²) in [5.74, 6) is 0.340. The fraction of sp³-hybridized carbons (Fsp3) is 0.462. The van der Waals surface area contributed by atoms with Crippen molar-refractivity contribution in [3.8, 4) is 17.2 Å². The smallest absolute Gasteiger partial charge is 0.490 e. The third-order valence-electron chi connectivity index (χ3n) is 6.68. The van der Waals surface area contributed by atoms with Gasteiger partial charge in [-0.3, -0.25) is 0 Å². The minimum absolute atomic E-state index is 0.259. The number of benzene rings is 1. The van der Waals surface area contributed by atoms with Gasteiger partial charge in [0.2, 0.25) is 11.7 Å². The molecule has 14 heteroatoms. The van der Waals surface area contributed by atoms with Crippen LogP contribution < -0.4 is 24.8 Å². The molecule has 0 unspecified atom stereocenters. The third-order valence-corrected chi connectivity index (χ3v) is 6.68. The van der Waals surface area contributed by atoms with E-state index in [2.05, 4.69) is 25.7 Å². The first-order valence-electron chi connectivity index (χ1n) is 12.6. The summed E-state index contributed by atoms with van der Waals surface area (Å²) in [5, 5.41) is 10.9. The van der Waals surface area contributed by atoms with E-state index in [1.807, 2.05) is 6.92 Å². The molecule has 2 N–H and O–H groups in total. The number of esters is 1. The van der Waals surface area contributed by atoms with Gasteiger partial charge < -0.3 is 29.6 Å². The molecule has 216 valence electrons. The Morgan fingerprint density at radius 3 is 2.33 bits per heavy atom. The van der Waals surface area contributed by atoms with Crippen molar-refractivity contribution in [3.63, 3.8) is 0 Å². The molecule has 0 saturated heterocycles. The molecule has 1 fully saturated rings. The number of alkyl halides is 3. The molecule has 11 nitrogen and oxygen atoms in total. The summed E-state index contributed by atoms with van der Waals surface area (Å²) in [6, 6.07) is 4.49. The summed E-state index contributed by atoms with van der Waals surface area (Å²) in [6.07, 6.45) is -2.27. The lowest BCUT2D eigenvalue weighted by atomic mass is 9.92. The molecule has 4 rings (SSSR count). The van der Waals surface area contributed by atoms with Crippen LogP contribution in [0.1, 0.15) is 43.0 Å². The number of aromatic nitrogens is 4. The second-order valence-corrected chi connectivity index (χ2v) is 9.23. The van der Waals surface area contributed by atoms with Crippen LogP contribution in [0.25, 0.3) is 0 Å². The predicted octanol–water partition coefficient (Wildman–Crippen LogP) is 5.39. The molecular weight excluding hydrogens is 533 g/mol. The summed E-state index contributed by atoms with van der Waals surface area (Å²) in [5.41, 5.74) is 2.04. The average molecular weight is 565 g/mol. The van der Waals surface area contributed by atoms with Crippen molar-refractivity contribution >= 4 is 29.2 Å². The van der Waals surface area contributed by atoms with Gasteiger partial charge in [-0.25, -0.2) is 14.5 Å². The maximum atomic E-state index is 12.9. The van der Waals surface area contributed by atoms with Crippen molar-refractivity contribution in [2.75, 3.05) is 32.0 Å². The predicted molar refractivity (Wildman–Crippen MR) is 140 cm³/mol. The summed E-state index contributed by atoms with van der Waals surface area (Å²) < 4.78 is 61.5. The largest absolute Gasteiger partial charge is 0.493 e. The van der Waals surface area contributed by atoms with E-state index in [-0.39, 0.29) is 5.95 Å². The van der Waals surface area contributed by atoms with E-state index in [0.29, 0.717) is 59.5 Å². The Morgan fingerprint density at radius 2 is 1.70 bits per heavy atom. The molecule has 0 amide bonds. The highest BCUT2D eigenvalue weighted by atomic mass is 19.4. The van der Waals surface area contributed by atoms with Crippen LogP contribution in [-0.2, 0) is 9.53 Å². The zero-order chi connectivity index (χ0) is 29.0. The number of hydrogen-bond donors (Lipinski definition) is 2. The highest BCUT2D eigenvalue weighted by Gasteiger charge is 2.44. The van der Waals surface area contributed by atoms with Gasteiger partial charge in [0, 0.05) is 29.6 Å². The van der Waals surface area contributed by atoms with E-state index in [1.54, 1.807) is 36.0 Å². The zero-order valence-corrected chi connectivity index (χ0v) is 22.8. The quantitative estimate of drug-likeness (QED) is 0.327. The number of aryl methyl sites for hydroxylation is 1. The normalized spacial score (nSPS) is 17.2. The Bertz CT molecular complexity index is 1340. The van der Waals surface area contributed by atoms with Crippen LogP contribution in [0.4, 0.5) is 36.4 Å². The van der Waals surface area contributed by atoms with E-state index in [9.17, 15) is 18.0 Å². The lowest BCUT2D eigenvalue weighted by molar-refractivity contribution is -0.208. The topological polar surface area (TPSA) is 122 Å². The second-order valence-electron chi connectivity index (χ2n) is 9.23. The molecule has 1 aromatic carbocycles. The number of nitrogens with one attached hydrogen (secondary N) is 2.